The molecule has 3 unspecified atom stereocenters. The van der Waals surface area contributed by atoms with Gasteiger partial charge in [-0.15, -0.1) is 0 Å². The van der Waals surface area contributed by atoms with Gasteiger partial charge in [0.2, 0.25) is 0 Å². The lowest BCUT2D eigenvalue weighted by molar-refractivity contribution is -0.00461. The van der Waals surface area contributed by atoms with Crippen molar-refractivity contribution in [2.75, 3.05) is 40.9 Å². The highest BCUT2D eigenvalue weighted by molar-refractivity contribution is 4.85. The number of hydrogen-bond donors (Lipinski definition) is 1. The van der Waals surface area contributed by atoms with Gasteiger partial charge in [0.1, 0.15) is 0 Å². The molecule has 0 radical (unpaired) electrons. The molecule has 102 valence electrons. The third kappa shape index (κ3) is 4.92. The molecule has 1 rings (SSSR count). The van der Waals surface area contributed by atoms with Gasteiger partial charge in [0.25, 0.3) is 0 Å². The molecule has 17 heavy (non-hydrogen) atoms. The van der Waals surface area contributed by atoms with Gasteiger partial charge in [-0.25, -0.2) is 0 Å². The third-order valence-corrected chi connectivity index (χ3v) is 3.75. The van der Waals surface area contributed by atoms with Gasteiger partial charge in [-0.2, -0.15) is 0 Å². The van der Waals surface area contributed by atoms with Crippen LogP contribution in [0.3, 0.4) is 0 Å². The van der Waals surface area contributed by atoms with Gasteiger partial charge in [-0.3, -0.25) is 4.90 Å². The van der Waals surface area contributed by atoms with Crippen molar-refractivity contribution in [1.29, 1.82) is 0 Å². The van der Waals surface area contributed by atoms with Crippen molar-refractivity contribution in [3.8, 4) is 0 Å². The summed E-state index contributed by atoms with van der Waals surface area (Å²) in [5.41, 5.74) is 0. The van der Waals surface area contributed by atoms with E-state index in [2.05, 4.69) is 17.1 Å². The Hall–Kier alpha value is -0.160. The predicted octanol–water partition coefficient (Wildman–Crippen LogP) is 1.11. The van der Waals surface area contributed by atoms with Crippen LogP contribution in [0.5, 0.6) is 0 Å². The zero-order valence-corrected chi connectivity index (χ0v) is 11.7. The monoisotopic (exact) mass is 244 g/mol. The van der Waals surface area contributed by atoms with Gasteiger partial charge in [-0.05, 0) is 33.4 Å². The van der Waals surface area contributed by atoms with Crippen LogP contribution in [-0.2, 0) is 9.47 Å². The van der Waals surface area contributed by atoms with Gasteiger partial charge in [-0.1, -0.05) is 6.42 Å². The van der Waals surface area contributed by atoms with E-state index in [1.165, 1.54) is 19.3 Å². The second-order valence-corrected chi connectivity index (χ2v) is 4.99. The number of likely N-dealkylation sites (tertiary alicyclic amines) is 1. The summed E-state index contributed by atoms with van der Waals surface area (Å²) >= 11 is 0. The maximum atomic E-state index is 5.43. The van der Waals surface area contributed by atoms with Crippen LogP contribution < -0.4 is 5.32 Å². The van der Waals surface area contributed by atoms with Crippen molar-refractivity contribution < 1.29 is 9.47 Å². The summed E-state index contributed by atoms with van der Waals surface area (Å²) in [6.07, 6.45) is 4.30. The van der Waals surface area contributed by atoms with Crippen LogP contribution in [-0.4, -0.2) is 64.1 Å². The van der Waals surface area contributed by atoms with Crippen LogP contribution in [0.25, 0.3) is 0 Å². The van der Waals surface area contributed by atoms with Crippen LogP contribution in [0.4, 0.5) is 0 Å². The quantitative estimate of drug-likeness (QED) is 0.649. The molecule has 1 heterocycles. The summed E-state index contributed by atoms with van der Waals surface area (Å²) in [6.45, 7) is 5.42. The molecule has 3 atom stereocenters. The molecular weight excluding hydrogens is 216 g/mol. The zero-order valence-electron chi connectivity index (χ0n) is 11.7. The fourth-order valence-corrected chi connectivity index (χ4v) is 2.38. The first-order chi connectivity index (χ1) is 8.21. The van der Waals surface area contributed by atoms with E-state index in [9.17, 15) is 0 Å². The first-order valence-corrected chi connectivity index (χ1v) is 6.66. The molecule has 0 aromatic heterocycles. The fraction of sp³-hybridized carbons (Fsp3) is 1.00. The summed E-state index contributed by atoms with van der Waals surface area (Å²) in [5, 5.41) is 3.27. The Morgan fingerprint density at radius 2 is 1.76 bits per heavy atom. The highest BCUT2D eigenvalue weighted by atomic mass is 16.5. The van der Waals surface area contributed by atoms with Gasteiger partial charge in [0, 0.05) is 33.4 Å². The molecule has 4 nitrogen and oxygen atoms in total. The first-order valence-electron chi connectivity index (χ1n) is 6.66. The standard InChI is InChI=1S/C13H28N2O2/c1-11(14-2)7-5-6-8-15-9-12(16-3)13(10-15)17-4/h11-14H,5-10H2,1-4H3. The van der Waals surface area contributed by atoms with Crippen molar-refractivity contribution in [2.24, 2.45) is 0 Å². The maximum absolute atomic E-state index is 5.43. The van der Waals surface area contributed by atoms with Crippen molar-refractivity contribution in [3.63, 3.8) is 0 Å². The average molecular weight is 244 g/mol. The van der Waals surface area contributed by atoms with Crippen LogP contribution in [0.15, 0.2) is 0 Å². The van der Waals surface area contributed by atoms with Crippen LogP contribution in [0.2, 0.25) is 0 Å². The lowest BCUT2D eigenvalue weighted by atomic mass is 10.1. The number of hydrogen-bond acceptors (Lipinski definition) is 4. The summed E-state index contributed by atoms with van der Waals surface area (Å²) in [6, 6.07) is 0.632. The highest BCUT2D eigenvalue weighted by Gasteiger charge is 2.32. The molecule has 0 saturated carbocycles. The average Bonchev–Trinajstić information content (AvgIpc) is 2.76. The van der Waals surface area contributed by atoms with Crippen molar-refractivity contribution in [3.05, 3.63) is 0 Å². The van der Waals surface area contributed by atoms with E-state index < -0.39 is 0 Å². The molecule has 0 amide bonds. The maximum Gasteiger partial charge on any atom is 0.0971 e. The van der Waals surface area contributed by atoms with Crippen molar-refractivity contribution in [1.82, 2.24) is 10.2 Å². The number of unbranched alkanes of at least 4 members (excludes halogenated alkanes) is 1. The molecule has 1 aliphatic rings. The van der Waals surface area contributed by atoms with E-state index in [-0.39, 0.29) is 12.2 Å². The molecule has 0 aromatic carbocycles. The smallest absolute Gasteiger partial charge is 0.0971 e. The Bertz CT molecular complexity index is 190. The Morgan fingerprint density at radius 1 is 1.18 bits per heavy atom. The normalized spacial score (nSPS) is 27.5. The molecule has 0 aromatic rings. The van der Waals surface area contributed by atoms with E-state index in [0.29, 0.717) is 6.04 Å². The molecule has 1 aliphatic heterocycles. The molecular formula is C13H28N2O2. The lowest BCUT2D eigenvalue weighted by Crippen LogP contribution is -2.27. The molecule has 1 saturated heterocycles. The molecule has 1 N–H and O–H groups in total. The summed E-state index contributed by atoms with van der Waals surface area (Å²) in [4.78, 5) is 2.45. The molecule has 1 fully saturated rings. The number of nitrogens with zero attached hydrogens (tertiary/aromatic N) is 1. The fourth-order valence-electron chi connectivity index (χ4n) is 2.38. The Kier molecular flexibility index (Phi) is 7.04. The molecule has 0 aliphatic carbocycles. The predicted molar refractivity (Wildman–Crippen MR) is 70.4 cm³/mol. The Balaban J connectivity index is 2.12. The van der Waals surface area contributed by atoms with E-state index >= 15 is 0 Å². The second-order valence-electron chi connectivity index (χ2n) is 4.99. The van der Waals surface area contributed by atoms with E-state index in [1.807, 2.05) is 7.05 Å². The third-order valence-electron chi connectivity index (χ3n) is 3.75. The topological polar surface area (TPSA) is 33.7 Å². The van der Waals surface area contributed by atoms with Crippen molar-refractivity contribution >= 4 is 0 Å². The number of ether oxygens (including phenoxy) is 2. The van der Waals surface area contributed by atoms with Gasteiger partial charge in [0.05, 0.1) is 12.2 Å². The summed E-state index contributed by atoms with van der Waals surface area (Å²) in [7, 11) is 5.57. The minimum atomic E-state index is 0.247. The highest BCUT2D eigenvalue weighted by Crippen LogP contribution is 2.16. The van der Waals surface area contributed by atoms with Crippen LogP contribution >= 0.6 is 0 Å². The Labute approximate surface area is 106 Å². The SMILES string of the molecule is CNC(C)CCCCN1CC(OC)C(OC)C1. The number of rotatable bonds is 8. The van der Waals surface area contributed by atoms with Gasteiger partial charge < -0.3 is 14.8 Å². The summed E-state index contributed by atoms with van der Waals surface area (Å²) < 4.78 is 10.9. The van der Waals surface area contributed by atoms with Crippen molar-refractivity contribution in [2.45, 2.75) is 44.4 Å². The van der Waals surface area contributed by atoms with Gasteiger partial charge >= 0.3 is 0 Å². The molecule has 4 heteroatoms. The number of methoxy groups -OCH3 is 2. The summed E-state index contributed by atoms with van der Waals surface area (Å²) in [5.74, 6) is 0. The largest absolute Gasteiger partial charge is 0.377 e. The zero-order chi connectivity index (χ0) is 12.7. The lowest BCUT2D eigenvalue weighted by Gasteiger charge is -2.15. The molecule has 0 spiro atoms. The van der Waals surface area contributed by atoms with Crippen LogP contribution in [0, 0.1) is 0 Å². The van der Waals surface area contributed by atoms with E-state index in [0.717, 1.165) is 19.6 Å². The number of nitrogens with one attached hydrogen (secondary N) is 1. The minimum Gasteiger partial charge on any atom is -0.377 e. The molecule has 0 bridgehead atoms. The Morgan fingerprint density at radius 3 is 2.24 bits per heavy atom. The van der Waals surface area contributed by atoms with E-state index in [4.69, 9.17) is 9.47 Å². The second kappa shape index (κ2) is 8.03. The van der Waals surface area contributed by atoms with Gasteiger partial charge in [0.15, 0.2) is 0 Å². The first kappa shape index (κ1) is 14.9. The minimum absolute atomic E-state index is 0.247. The van der Waals surface area contributed by atoms with Crippen LogP contribution in [0.1, 0.15) is 26.2 Å². The van der Waals surface area contributed by atoms with E-state index in [1.54, 1.807) is 14.2 Å².